The fourth-order valence-corrected chi connectivity index (χ4v) is 3.40. The third-order valence-electron chi connectivity index (χ3n) is 5.05. The largest absolute Gasteiger partial charge is 0.497 e. The molecule has 6 nitrogen and oxygen atoms in total. The average Bonchev–Trinajstić information content (AvgIpc) is 2.82. The zero-order valence-electron chi connectivity index (χ0n) is 18.3. The Balaban J connectivity index is 1.66. The van der Waals surface area contributed by atoms with E-state index < -0.39 is 0 Å². The van der Waals surface area contributed by atoms with E-state index in [9.17, 15) is 9.59 Å². The number of ether oxygens (including phenoxy) is 1. The Kier molecular flexibility index (Phi) is 8.40. The number of amides is 2. The molecule has 32 heavy (non-hydrogen) atoms. The molecular formula is C26H29N3O3. The van der Waals surface area contributed by atoms with Gasteiger partial charge in [-0.3, -0.25) is 9.59 Å². The average molecular weight is 432 g/mol. The summed E-state index contributed by atoms with van der Waals surface area (Å²) in [7, 11) is 1.61. The first-order chi connectivity index (χ1) is 15.6. The summed E-state index contributed by atoms with van der Waals surface area (Å²) in [6.45, 7) is 1.52. The van der Waals surface area contributed by atoms with E-state index in [2.05, 4.69) is 5.32 Å². The van der Waals surface area contributed by atoms with Gasteiger partial charge in [0.1, 0.15) is 5.75 Å². The molecule has 0 radical (unpaired) electrons. The minimum absolute atomic E-state index is 0.0343. The second-order valence-electron chi connectivity index (χ2n) is 7.51. The molecule has 3 rings (SSSR count). The van der Waals surface area contributed by atoms with Crippen LogP contribution in [0.2, 0.25) is 0 Å². The summed E-state index contributed by atoms with van der Waals surface area (Å²) in [4.78, 5) is 27.2. The molecule has 0 fully saturated rings. The van der Waals surface area contributed by atoms with Crippen LogP contribution in [0, 0.1) is 0 Å². The predicted molar refractivity (Wildman–Crippen MR) is 127 cm³/mol. The predicted octanol–water partition coefficient (Wildman–Crippen LogP) is 3.87. The summed E-state index contributed by atoms with van der Waals surface area (Å²) in [6.07, 6.45) is 0.986. The third kappa shape index (κ3) is 6.68. The van der Waals surface area contributed by atoms with Crippen molar-refractivity contribution in [3.05, 3.63) is 95.6 Å². The summed E-state index contributed by atoms with van der Waals surface area (Å²) < 4.78 is 5.15. The number of carbonyl (C=O) groups is 2. The Bertz CT molecular complexity index is 1020. The van der Waals surface area contributed by atoms with E-state index in [4.69, 9.17) is 10.5 Å². The molecule has 0 saturated carbocycles. The molecular weight excluding hydrogens is 402 g/mol. The normalized spacial score (nSPS) is 10.4. The lowest BCUT2D eigenvalue weighted by Gasteiger charge is -2.23. The number of anilines is 1. The summed E-state index contributed by atoms with van der Waals surface area (Å²) in [5, 5.41) is 2.94. The molecule has 166 valence electrons. The number of nitrogens with two attached hydrogens (primary N) is 1. The zero-order valence-corrected chi connectivity index (χ0v) is 18.3. The molecule has 0 aliphatic carbocycles. The highest BCUT2D eigenvalue weighted by atomic mass is 16.5. The molecule has 0 unspecified atom stereocenters. The van der Waals surface area contributed by atoms with Crippen LogP contribution in [0.5, 0.6) is 5.75 Å². The molecule has 3 N–H and O–H groups in total. The number of benzene rings is 3. The molecule has 0 aliphatic rings. The van der Waals surface area contributed by atoms with E-state index >= 15 is 0 Å². The van der Waals surface area contributed by atoms with Gasteiger partial charge in [-0.2, -0.15) is 0 Å². The van der Waals surface area contributed by atoms with Gasteiger partial charge in [-0.05, 0) is 60.5 Å². The molecule has 0 bridgehead atoms. The molecule has 2 amide bonds. The first-order valence-electron chi connectivity index (χ1n) is 10.6. The number of hydrogen-bond acceptors (Lipinski definition) is 4. The standard InChI is InChI=1S/C26H29N3O3/c1-32-24-13-11-20(12-14-24)18-25(30)28-23-10-5-7-21(17-23)19-29(16-6-15-27)26(31)22-8-3-2-4-9-22/h2-5,7-14,17H,6,15-16,18-19,27H2,1H3,(H,28,30). The third-order valence-corrected chi connectivity index (χ3v) is 5.05. The van der Waals surface area contributed by atoms with Gasteiger partial charge in [-0.1, -0.05) is 42.5 Å². The minimum Gasteiger partial charge on any atom is -0.497 e. The van der Waals surface area contributed by atoms with Gasteiger partial charge in [0.05, 0.1) is 13.5 Å². The van der Waals surface area contributed by atoms with E-state index in [0.29, 0.717) is 30.9 Å². The monoisotopic (exact) mass is 431 g/mol. The van der Waals surface area contributed by atoms with Gasteiger partial charge >= 0.3 is 0 Å². The molecule has 0 aliphatic heterocycles. The lowest BCUT2D eigenvalue weighted by molar-refractivity contribution is -0.115. The van der Waals surface area contributed by atoms with Crippen molar-refractivity contribution in [1.29, 1.82) is 0 Å². The molecule has 3 aromatic rings. The number of hydrogen-bond donors (Lipinski definition) is 2. The number of nitrogens with zero attached hydrogens (tertiary/aromatic N) is 1. The topological polar surface area (TPSA) is 84.7 Å². The number of carbonyl (C=O) groups excluding carboxylic acids is 2. The molecule has 0 aromatic heterocycles. The maximum Gasteiger partial charge on any atom is 0.254 e. The first kappa shape index (κ1) is 23.0. The van der Waals surface area contributed by atoms with Crippen molar-refractivity contribution in [2.24, 2.45) is 5.73 Å². The van der Waals surface area contributed by atoms with Crippen LogP contribution < -0.4 is 15.8 Å². The van der Waals surface area contributed by atoms with Gasteiger partial charge in [0.2, 0.25) is 5.91 Å². The van der Waals surface area contributed by atoms with Crippen LogP contribution in [0.25, 0.3) is 0 Å². The number of rotatable bonds is 10. The highest BCUT2D eigenvalue weighted by molar-refractivity contribution is 5.94. The van der Waals surface area contributed by atoms with Crippen LogP contribution in [-0.4, -0.2) is 36.9 Å². The Labute approximate surface area is 189 Å². The van der Waals surface area contributed by atoms with Crippen LogP contribution in [0.3, 0.4) is 0 Å². The van der Waals surface area contributed by atoms with Crippen LogP contribution in [0.1, 0.15) is 27.9 Å². The Morgan fingerprint density at radius 3 is 2.38 bits per heavy atom. The number of nitrogens with one attached hydrogen (secondary N) is 1. The van der Waals surface area contributed by atoms with Crippen molar-refractivity contribution in [1.82, 2.24) is 4.90 Å². The van der Waals surface area contributed by atoms with Gasteiger partial charge in [-0.15, -0.1) is 0 Å². The van der Waals surface area contributed by atoms with Gasteiger partial charge in [0, 0.05) is 24.3 Å². The summed E-state index contributed by atoms with van der Waals surface area (Å²) in [5.74, 6) is 0.617. The summed E-state index contributed by atoms with van der Waals surface area (Å²) in [5.41, 5.74) is 8.86. The summed E-state index contributed by atoms with van der Waals surface area (Å²) >= 11 is 0. The summed E-state index contributed by atoms with van der Waals surface area (Å²) in [6, 6.07) is 24.2. The molecule has 3 aromatic carbocycles. The van der Waals surface area contributed by atoms with Crippen LogP contribution in [0.15, 0.2) is 78.9 Å². The molecule has 0 atom stereocenters. The quantitative estimate of drug-likeness (QED) is 0.510. The molecule has 0 saturated heterocycles. The lowest BCUT2D eigenvalue weighted by Crippen LogP contribution is -2.32. The zero-order chi connectivity index (χ0) is 22.8. The smallest absolute Gasteiger partial charge is 0.254 e. The van der Waals surface area contributed by atoms with Crippen LogP contribution >= 0.6 is 0 Å². The minimum atomic E-state index is -0.104. The van der Waals surface area contributed by atoms with E-state index in [0.717, 1.165) is 23.3 Å². The second-order valence-corrected chi connectivity index (χ2v) is 7.51. The maximum absolute atomic E-state index is 13.0. The fourth-order valence-electron chi connectivity index (χ4n) is 3.40. The van der Waals surface area contributed by atoms with Gasteiger partial charge in [0.15, 0.2) is 0 Å². The van der Waals surface area contributed by atoms with Crippen LogP contribution in [-0.2, 0) is 17.8 Å². The second kappa shape index (κ2) is 11.7. The van der Waals surface area contributed by atoms with Gasteiger partial charge < -0.3 is 20.7 Å². The van der Waals surface area contributed by atoms with E-state index in [-0.39, 0.29) is 18.2 Å². The van der Waals surface area contributed by atoms with Crippen molar-refractivity contribution in [2.45, 2.75) is 19.4 Å². The SMILES string of the molecule is COc1ccc(CC(=O)Nc2cccc(CN(CCCN)C(=O)c3ccccc3)c2)cc1. The number of methoxy groups -OCH3 is 1. The maximum atomic E-state index is 13.0. The highest BCUT2D eigenvalue weighted by Crippen LogP contribution is 2.16. The van der Waals surface area contributed by atoms with Gasteiger partial charge in [0.25, 0.3) is 5.91 Å². The van der Waals surface area contributed by atoms with E-state index in [1.54, 1.807) is 12.0 Å². The van der Waals surface area contributed by atoms with E-state index in [1.165, 1.54) is 0 Å². The van der Waals surface area contributed by atoms with Gasteiger partial charge in [-0.25, -0.2) is 0 Å². The van der Waals surface area contributed by atoms with Crippen molar-refractivity contribution < 1.29 is 14.3 Å². The first-order valence-corrected chi connectivity index (χ1v) is 10.6. The highest BCUT2D eigenvalue weighted by Gasteiger charge is 2.16. The van der Waals surface area contributed by atoms with Crippen molar-refractivity contribution in [2.75, 3.05) is 25.5 Å². The Morgan fingerprint density at radius 2 is 1.69 bits per heavy atom. The Morgan fingerprint density at radius 1 is 0.938 bits per heavy atom. The van der Waals surface area contributed by atoms with Crippen molar-refractivity contribution >= 4 is 17.5 Å². The fraction of sp³-hybridized carbons (Fsp3) is 0.231. The lowest BCUT2D eigenvalue weighted by atomic mass is 10.1. The van der Waals surface area contributed by atoms with Crippen molar-refractivity contribution in [3.8, 4) is 5.75 Å². The Hall–Kier alpha value is -3.64. The molecule has 6 heteroatoms. The van der Waals surface area contributed by atoms with Crippen LogP contribution in [0.4, 0.5) is 5.69 Å². The van der Waals surface area contributed by atoms with E-state index in [1.807, 2.05) is 78.9 Å². The molecule has 0 spiro atoms. The molecule has 0 heterocycles. The van der Waals surface area contributed by atoms with Crippen molar-refractivity contribution in [3.63, 3.8) is 0 Å².